The van der Waals surface area contributed by atoms with E-state index in [9.17, 15) is 13.2 Å². The first-order valence-corrected chi connectivity index (χ1v) is 12.4. The van der Waals surface area contributed by atoms with Crippen molar-refractivity contribution < 1.29 is 13.2 Å². The summed E-state index contributed by atoms with van der Waals surface area (Å²) >= 11 is 1.47. The van der Waals surface area contributed by atoms with Crippen molar-refractivity contribution in [3.05, 3.63) is 15.3 Å². The molecule has 1 unspecified atom stereocenters. The minimum Gasteiger partial charge on any atom is -0.274 e. The van der Waals surface area contributed by atoms with Gasteiger partial charge in [0, 0.05) is 15.7 Å². The first kappa shape index (κ1) is 20.8. The van der Waals surface area contributed by atoms with E-state index in [0.717, 1.165) is 47.4 Å². The maximum atomic E-state index is 12.8. The monoisotopic (exact) mass is 411 g/mol. The topological polar surface area (TPSA) is 63.2 Å². The molecule has 4 nitrogen and oxygen atoms in total. The Morgan fingerprint density at radius 2 is 1.78 bits per heavy atom. The number of hydrogen-bond donors (Lipinski definition) is 1. The molecule has 1 spiro atoms. The van der Waals surface area contributed by atoms with E-state index in [1.807, 2.05) is 13.8 Å². The number of hydrogen-bond acceptors (Lipinski definition) is 4. The Morgan fingerprint density at radius 1 is 1.19 bits per heavy atom. The van der Waals surface area contributed by atoms with Crippen molar-refractivity contribution in [1.29, 1.82) is 0 Å². The van der Waals surface area contributed by atoms with Crippen LogP contribution in [0.3, 0.4) is 0 Å². The molecule has 0 aliphatic heterocycles. The summed E-state index contributed by atoms with van der Waals surface area (Å²) in [5.41, 5.74) is 1.16. The molecule has 0 aromatic carbocycles. The largest absolute Gasteiger partial charge is 0.274 e. The van der Waals surface area contributed by atoms with Crippen molar-refractivity contribution in [3.8, 4) is 0 Å². The summed E-state index contributed by atoms with van der Waals surface area (Å²) < 4.78 is 28.0. The average molecular weight is 412 g/mol. The maximum Gasteiger partial charge on any atom is 0.265 e. The van der Waals surface area contributed by atoms with E-state index in [4.69, 9.17) is 0 Å². The molecule has 2 aliphatic carbocycles. The summed E-state index contributed by atoms with van der Waals surface area (Å²) in [6, 6.07) is 0. The van der Waals surface area contributed by atoms with Gasteiger partial charge in [-0.05, 0) is 75.2 Å². The number of sulfonamides is 1. The number of amides is 1. The molecular weight excluding hydrogens is 378 g/mol. The molecule has 1 N–H and O–H groups in total. The molecule has 6 heteroatoms. The van der Waals surface area contributed by atoms with Gasteiger partial charge in [0.1, 0.15) is 4.90 Å². The second-order valence-corrected chi connectivity index (χ2v) is 12.4. The van der Waals surface area contributed by atoms with Crippen LogP contribution in [-0.2, 0) is 14.8 Å². The van der Waals surface area contributed by atoms with Crippen LogP contribution in [0, 0.1) is 43.4 Å². The molecule has 2 fully saturated rings. The van der Waals surface area contributed by atoms with Gasteiger partial charge < -0.3 is 0 Å². The van der Waals surface area contributed by atoms with Gasteiger partial charge in [-0.2, -0.15) is 0 Å². The first-order valence-electron chi connectivity index (χ1n) is 10.1. The van der Waals surface area contributed by atoms with Crippen LogP contribution < -0.4 is 4.72 Å². The summed E-state index contributed by atoms with van der Waals surface area (Å²) in [5.74, 6) is 0.268. The van der Waals surface area contributed by atoms with Crippen molar-refractivity contribution in [1.82, 2.24) is 4.72 Å². The lowest BCUT2D eigenvalue weighted by Gasteiger charge is -2.39. The van der Waals surface area contributed by atoms with Gasteiger partial charge in [0.25, 0.3) is 10.0 Å². The Hall–Kier alpha value is -0.880. The SMILES string of the molecule is CCC(C)(C)C1CCC2(CC1)CC2C(=O)NS(=O)(=O)c1c(C)sc(C)c1C. The summed E-state index contributed by atoms with van der Waals surface area (Å²) in [7, 11) is -3.79. The molecule has 1 heterocycles. The van der Waals surface area contributed by atoms with E-state index in [1.165, 1.54) is 17.8 Å². The van der Waals surface area contributed by atoms with Crippen LogP contribution in [0.4, 0.5) is 0 Å². The number of rotatable bonds is 5. The third-order valence-corrected chi connectivity index (χ3v) is 10.4. The van der Waals surface area contributed by atoms with E-state index in [0.29, 0.717) is 16.2 Å². The highest BCUT2D eigenvalue weighted by Gasteiger charge is 2.59. The highest BCUT2D eigenvalue weighted by atomic mass is 32.2. The molecule has 0 bridgehead atoms. The Balaban J connectivity index is 1.66. The van der Waals surface area contributed by atoms with Crippen LogP contribution >= 0.6 is 11.3 Å². The maximum absolute atomic E-state index is 12.8. The zero-order valence-electron chi connectivity index (χ0n) is 17.4. The van der Waals surface area contributed by atoms with Gasteiger partial charge in [-0.15, -0.1) is 11.3 Å². The van der Waals surface area contributed by atoms with E-state index in [1.54, 1.807) is 6.92 Å². The summed E-state index contributed by atoms with van der Waals surface area (Å²) in [4.78, 5) is 14.8. The van der Waals surface area contributed by atoms with Gasteiger partial charge in [0.05, 0.1) is 0 Å². The van der Waals surface area contributed by atoms with Crippen LogP contribution in [0.25, 0.3) is 0 Å². The van der Waals surface area contributed by atoms with E-state index in [-0.39, 0.29) is 17.2 Å². The van der Waals surface area contributed by atoms with Crippen LogP contribution in [0.2, 0.25) is 0 Å². The summed E-state index contributed by atoms with van der Waals surface area (Å²) in [6.45, 7) is 12.5. The highest BCUT2D eigenvalue weighted by molar-refractivity contribution is 7.90. The molecule has 2 saturated carbocycles. The van der Waals surface area contributed by atoms with Gasteiger partial charge in [-0.25, -0.2) is 13.1 Å². The van der Waals surface area contributed by atoms with Gasteiger partial charge in [-0.1, -0.05) is 27.2 Å². The number of carbonyl (C=O) groups excluding carboxylic acids is 1. The smallest absolute Gasteiger partial charge is 0.265 e. The van der Waals surface area contributed by atoms with Crippen LogP contribution in [0.1, 0.15) is 74.6 Å². The molecular formula is C21H33NO3S2. The van der Waals surface area contributed by atoms with Crippen LogP contribution in [-0.4, -0.2) is 14.3 Å². The number of thiophene rings is 1. The van der Waals surface area contributed by atoms with Gasteiger partial charge >= 0.3 is 0 Å². The zero-order valence-corrected chi connectivity index (χ0v) is 19.1. The lowest BCUT2D eigenvalue weighted by Crippen LogP contribution is -2.35. The average Bonchev–Trinajstić information content (AvgIpc) is 3.20. The normalized spacial score (nSPS) is 28.4. The molecule has 0 saturated heterocycles. The number of aryl methyl sites for hydroxylation is 2. The molecule has 0 radical (unpaired) electrons. The lowest BCUT2D eigenvalue weighted by molar-refractivity contribution is -0.121. The first-order chi connectivity index (χ1) is 12.4. The Labute approximate surface area is 168 Å². The minimum atomic E-state index is -3.79. The van der Waals surface area contributed by atoms with E-state index < -0.39 is 10.0 Å². The van der Waals surface area contributed by atoms with Crippen LogP contribution in [0.15, 0.2) is 4.90 Å². The Bertz CT molecular complexity index is 843. The van der Waals surface area contributed by atoms with Crippen molar-refractivity contribution in [2.45, 2.75) is 85.0 Å². The fraction of sp³-hybridized carbons (Fsp3) is 0.762. The standard InChI is InChI=1S/C21H33NO3S2/c1-7-20(5,6)16-8-10-21(11-9-16)12-17(21)19(23)22-27(24,25)18-13(2)14(3)26-15(18)4/h16-17H,7-12H2,1-6H3,(H,22,23). The van der Waals surface area contributed by atoms with Gasteiger partial charge in [0.15, 0.2) is 0 Å². The molecule has 2 aliphatic rings. The molecule has 152 valence electrons. The Kier molecular flexibility index (Phi) is 5.30. The van der Waals surface area contributed by atoms with Crippen molar-refractivity contribution >= 4 is 27.3 Å². The van der Waals surface area contributed by atoms with Crippen molar-refractivity contribution in [2.75, 3.05) is 0 Å². The van der Waals surface area contributed by atoms with E-state index >= 15 is 0 Å². The minimum absolute atomic E-state index is 0.0502. The van der Waals surface area contributed by atoms with E-state index in [2.05, 4.69) is 25.5 Å². The summed E-state index contributed by atoms with van der Waals surface area (Å²) in [6.07, 6.45) is 6.42. The molecule has 1 amide bonds. The number of carbonyl (C=O) groups is 1. The third kappa shape index (κ3) is 3.71. The Morgan fingerprint density at radius 3 is 2.26 bits per heavy atom. The predicted molar refractivity (Wildman–Crippen MR) is 110 cm³/mol. The third-order valence-electron chi connectivity index (χ3n) is 7.50. The number of nitrogens with one attached hydrogen (secondary N) is 1. The van der Waals surface area contributed by atoms with Gasteiger partial charge in [-0.3, -0.25) is 4.79 Å². The molecule has 1 aromatic rings. The highest BCUT2D eigenvalue weighted by Crippen LogP contribution is 2.63. The fourth-order valence-corrected chi connectivity index (χ4v) is 7.88. The van der Waals surface area contributed by atoms with Gasteiger partial charge in [0.2, 0.25) is 5.91 Å². The van der Waals surface area contributed by atoms with Crippen molar-refractivity contribution in [2.24, 2.45) is 22.7 Å². The fourth-order valence-electron chi connectivity index (χ4n) is 4.96. The van der Waals surface area contributed by atoms with Crippen LogP contribution in [0.5, 0.6) is 0 Å². The molecule has 27 heavy (non-hydrogen) atoms. The summed E-state index contributed by atoms with van der Waals surface area (Å²) in [5, 5.41) is 0. The lowest BCUT2D eigenvalue weighted by atomic mass is 9.66. The molecule has 1 aromatic heterocycles. The van der Waals surface area contributed by atoms with Crippen molar-refractivity contribution in [3.63, 3.8) is 0 Å². The molecule has 3 rings (SSSR count). The second kappa shape index (κ2) is 6.87. The predicted octanol–water partition coefficient (Wildman–Crippen LogP) is 5.11. The zero-order chi connectivity index (χ0) is 20.2. The molecule has 1 atom stereocenters. The second-order valence-electron chi connectivity index (χ2n) is 9.37. The quantitative estimate of drug-likeness (QED) is 0.732.